The number of ether oxygens (including phenoxy) is 1. The highest BCUT2D eigenvalue weighted by molar-refractivity contribution is 7.16. The third kappa shape index (κ3) is 12.8. The average Bonchev–Trinajstić information content (AvgIpc) is 4.13. The lowest BCUT2D eigenvalue weighted by atomic mass is 9.93. The molecule has 0 bridgehead atoms. The van der Waals surface area contributed by atoms with Crippen LogP contribution in [0, 0.1) is 36.5 Å². The zero-order valence-electron chi connectivity index (χ0n) is 41.1. The second-order valence-corrected chi connectivity index (χ2v) is 19.7. The van der Waals surface area contributed by atoms with Gasteiger partial charge in [-0.3, -0.25) is 0 Å². The molecule has 0 atom stereocenters. The number of hydrogen-bond acceptors (Lipinski definition) is 8. The highest BCUT2D eigenvalue weighted by Gasteiger charge is 2.14. The first kappa shape index (κ1) is 50.6. The zero-order valence-corrected chi connectivity index (χ0v) is 42.7. The van der Waals surface area contributed by atoms with Crippen LogP contribution in [0.5, 0.6) is 0 Å². The molecule has 7 nitrogen and oxygen atoms in total. The molecule has 0 aliphatic rings. The third-order valence-electron chi connectivity index (χ3n) is 12.5. The first-order valence-electron chi connectivity index (χ1n) is 24.1. The van der Waals surface area contributed by atoms with Gasteiger partial charge < -0.3 is 19.8 Å². The molecule has 0 amide bonds. The Morgan fingerprint density at radius 3 is 1.43 bits per heavy atom. The first-order chi connectivity index (χ1) is 36.6. The van der Waals surface area contributed by atoms with Gasteiger partial charge in [-0.2, -0.15) is 10.5 Å². The lowest BCUT2D eigenvalue weighted by Crippen LogP contribution is -2.09. The van der Waals surface area contributed by atoms with Gasteiger partial charge in [0.1, 0.15) is 17.7 Å². The van der Waals surface area contributed by atoms with Crippen molar-refractivity contribution >= 4 is 93.8 Å². The summed E-state index contributed by atoms with van der Waals surface area (Å²) in [5, 5.41) is 36.7. The highest BCUT2D eigenvalue weighted by atomic mass is 32.1. The molecular formula is C66H49N3O4S2. The number of nitriles is 2. The van der Waals surface area contributed by atoms with Crippen LogP contribution >= 0.6 is 22.7 Å². The Balaban J connectivity index is 0.961. The number of benzene rings is 7. The maximum atomic E-state index is 11.3. The zero-order chi connectivity index (χ0) is 52.1. The predicted octanol–water partition coefficient (Wildman–Crippen LogP) is 17.0. The van der Waals surface area contributed by atoms with E-state index in [1.54, 1.807) is 23.5 Å². The van der Waals surface area contributed by atoms with E-state index < -0.39 is 12.8 Å². The lowest BCUT2D eigenvalue weighted by Gasteiger charge is -2.26. The number of carbonyl (C=O) groups is 1. The molecule has 7 aromatic carbocycles. The molecule has 75 heavy (non-hydrogen) atoms. The summed E-state index contributed by atoms with van der Waals surface area (Å²) in [7, 11) is 0. The number of anilines is 3. The van der Waals surface area contributed by atoms with Gasteiger partial charge in [0, 0.05) is 42.6 Å². The van der Waals surface area contributed by atoms with Gasteiger partial charge >= 0.3 is 5.97 Å². The first-order valence-corrected chi connectivity index (χ1v) is 25.7. The Kier molecular flexibility index (Phi) is 16.1. The molecule has 0 fully saturated rings. The molecular weight excluding hydrogens is 963 g/mol. The van der Waals surface area contributed by atoms with E-state index in [1.807, 2.05) is 48.5 Å². The van der Waals surface area contributed by atoms with E-state index in [0.29, 0.717) is 4.88 Å². The maximum absolute atomic E-state index is 11.3. The summed E-state index contributed by atoms with van der Waals surface area (Å²) in [4.78, 5) is 17.2. The molecule has 0 saturated heterocycles. The van der Waals surface area contributed by atoms with Crippen LogP contribution in [-0.4, -0.2) is 23.0 Å². The van der Waals surface area contributed by atoms with Crippen LogP contribution < -0.4 is 4.90 Å². The van der Waals surface area contributed by atoms with Crippen LogP contribution in [0.15, 0.2) is 205 Å². The van der Waals surface area contributed by atoms with Crippen molar-refractivity contribution in [3.63, 3.8) is 0 Å². The van der Waals surface area contributed by atoms with Gasteiger partial charge in [0.15, 0.2) is 6.79 Å². The van der Waals surface area contributed by atoms with Crippen LogP contribution in [0.1, 0.15) is 59.8 Å². The fourth-order valence-electron chi connectivity index (χ4n) is 8.32. The smallest absolute Gasteiger partial charge is 0.346 e. The molecule has 0 unspecified atom stereocenters. The van der Waals surface area contributed by atoms with E-state index in [9.17, 15) is 15.2 Å². The van der Waals surface area contributed by atoms with Crippen LogP contribution in [0.2, 0.25) is 0 Å². The Morgan fingerprint density at radius 2 is 0.987 bits per heavy atom. The summed E-state index contributed by atoms with van der Waals surface area (Å²) in [6.07, 6.45) is 13.7. The molecule has 2 N–H and O–H groups in total. The number of aliphatic carboxylic acids is 1. The van der Waals surface area contributed by atoms with Gasteiger partial charge in [-0.1, -0.05) is 158 Å². The van der Waals surface area contributed by atoms with Crippen molar-refractivity contribution in [1.29, 1.82) is 10.5 Å². The Morgan fingerprint density at radius 1 is 0.520 bits per heavy atom. The summed E-state index contributed by atoms with van der Waals surface area (Å²) in [6, 6.07) is 71.0. The average molecular weight is 1010 g/mol. The number of thiophene rings is 2. The van der Waals surface area contributed by atoms with Crippen LogP contribution in [0.4, 0.5) is 17.1 Å². The fraction of sp³-hybridized carbons (Fsp3) is 0.0455. The Hall–Kier alpha value is -9.35. The number of hydrogen-bond donors (Lipinski definition) is 2. The van der Waals surface area contributed by atoms with Gasteiger partial charge in [0.2, 0.25) is 5.76 Å². The molecule has 0 aliphatic carbocycles. The van der Waals surface area contributed by atoms with Crippen molar-refractivity contribution in [2.45, 2.75) is 13.8 Å². The van der Waals surface area contributed by atoms with Gasteiger partial charge in [0.05, 0.1) is 0 Å². The second-order valence-electron chi connectivity index (χ2n) is 17.5. The third-order valence-corrected chi connectivity index (χ3v) is 14.7. The van der Waals surface area contributed by atoms with Gasteiger partial charge in [-0.15, -0.1) is 22.7 Å². The minimum atomic E-state index is -1.24. The molecule has 0 radical (unpaired) electrons. The van der Waals surface area contributed by atoms with Crippen molar-refractivity contribution in [3.8, 4) is 33.0 Å². The van der Waals surface area contributed by atoms with Crippen molar-refractivity contribution in [2.24, 2.45) is 0 Å². The molecule has 9 rings (SSSR count). The SMILES string of the molecule is Cc1ccc(C(=Cc2ccc(N(c3ccc(C=Cc4ccc(-c5ccc(C=C(C#N)OCO)s5)cc4)cc3)c3ccc(C=Cc4ccc(-c5ccc(C=C(C#N)C(=O)O)s5)cc4)cc3)cc2)c2ccccc2)cc1C. The number of carboxylic acid groups (broad SMARTS) is 1. The van der Waals surface area contributed by atoms with Crippen molar-refractivity contribution in [3.05, 3.63) is 265 Å². The Labute approximate surface area is 445 Å². The number of carboxylic acids is 1. The molecule has 0 aliphatic heterocycles. The van der Waals surface area contributed by atoms with Crippen LogP contribution in [-0.2, 0) is 9.53 Å². The summed E-state index contributed by atoms with van der Waals surface area (Å²) in [5.74, 6) is -1.17. The lowest BCUT2D eigenvalue weighted by molar-refractivity contribution is -0.132. The number of allylic oxidation sites excluding steroid dienone is 1. The van der Waals surface area contributed by atoms with E-state index in [4.69, 9.17) is 15.1 Å². The molecule has 2 heterocycles. The number of aryl methyl sites for hydroxylation is 2. The normalized spacial score (nSPS) is 11.9. The molecule has 0 saturated carbocycles. The quantitative estimate of drug-likeness (QED) is 0.0307. The van der Waals surface area contributed by atoms with Gasteiger partial charge in [-0.25, -0.2) is 4.79 Å². The summed E-state index contributed by atoms with van der Waals surface area (Å²) in [6.45, 7) is 3.76. The molecule has 9 aromatic rings. The van der Waals surface area contributed by atoms with Crippen LogP contribution in [0.3, 0.4) is 0 Å². The van der Waals surface area contributed by atoms with Gasteiger partial charge in [0.25, 0.3) is 0 Å². The standard InChI is InChI=1S/C66H49N3O4S2/c1-45-8-23-55(38-46(45)2)63(52-6-4-3-5-7-52)39-51-21-32-59(33-22-51)69(57-28-17-49(18-29-57)11-9-47-13-24-53(25-14-47)64-36-34-61(74-64)40-56(42-67)66(71)72)58-30-19-50(20-31-58)12-10-48-15-26-54(27-16-48)65-37-35-62(75-65)41-60(43-68)73-44-70/h3-41,70H,44H2,1-2H3,(H,71,72). The van der Waals surface area contributed by atoms with E-state index in [-0.39, 0.29) is 11.3 Å². The van der Waals surface area contributed by atoms with Gasteiger partial charge in [-0.05, 0) is 153 Å². The fourth-order valence-corrected chi connectivity index (χ4v) is 10.2. The molecule has 364 valence electrons. The Bertz CT molecular complexity index is 3700. The van der Waals surface area contributed by atoms with Crippen molar-refractivity contribution in [2.75, 3.05) is 11.7 Å². The second kappa shape index (κ2) is 23.9. The molecule has 0 spiro atoms. The number of aliphatic hydroxyl groups excluding tert-OH is 1. The van der Waals surface area contributed by atoms with Crippen molar-refractivity contribution < 1.29 is 19.7 Å². The largest absolute Gasteiger partial charge is 0.477 e. The van der Waals surface area contributed by atoms with Crippen LogP contribution in [0.25, 0.3) is 69.0 Å². The van der Waals surface area contributed by atoms with Crippen molar-refractivity contribution in [1.82, 2.24) is 0 Å². The van der Waals surface area contributed by atoms with E-state index >= 15 is 0 Å². The van der Waals surface area contributed by atoms with E-state index in [2.05, 4.69) is 201 Å². The minimum Gasteiger partial charge on any atom is -0.477 e. The predicted molar refractivity (Wildman–Crippen MR) is 311 cm³/mol. The summed E-state index contributed by atoms with van der Waals surface area (Å²) in [5.41, 5.74) is 16.2. The number of aliphatic hydroxyl groups is 1. The number of nitrogens with zero attached hydrogens (tertiary/aromatic N) is 3. The summed E-state index contributed by atoms with van der Waals surface area (Å²) >= 11 is 2.98. The topological polar surface area (TPSA) is 118 Å². The highest BCUT2D eigenvalue weighted by Crippen LogP contribution is 2.37. The minimum absolute atomic E-state index is 0.0669. The van der Waals surface area contributed by atoms with E-state index in [0.717, 1.165) is 81.8 Å². The molecule has 2 aromatic heterocycles. The maximum Gasteiger partial charge on any atom is 0.346 e. The van der Waals surface area contributed by atoms with E-state index in [1.165, 1.54) is 34.1 Å². The molecule has 9 heteroatoms. The number of rotatable bonds is 17. The monoisotopic (exact) mass is 1010 g/mol. The summed E-state index contributed by atoms with van der Waals surface area (Å²) < 4.78 is 4.97.